The third kappa shape index (κ3) is 3.38. The lowest BCUT2D eigenvalue weighted by Crippen LogP contribution is -2.02. The van der Waals surface area contributed by atoms with Crippen molar-refractivity contribution in [2.45, 2.75) is 12.4 Å². The van der Waals surface area contributed by atoms with Crippen molar-refractivity contribution in [2.75, 3.05) is 12.4 Å². The summed E-state index contributed by atoms with van der Waals surface area (Å²) >= 11 is 5.86. The van der Waals surface area contributed by atoms with E-state index in [-0.39, 0.29) is 11.6 Å². The Balaban J connectivity index is 2.08. The van der Waals surface area contributed by atoms with Crippen LogP contribution in [0.1, 0.15) is 11.1 Å². The Morgan fingerprint density at radius 1 is 1.21 bits per heavy atom. The van der Waals surface area contributed by atoms with Gasteiger partial charge in [0.15, 0.2) is 11.6 Å². The largest absolute Gasteiger partial charge is 0.494 e. The van der Waals surface area contributed by atoms with E-state index in [1.54, 1.807) is 6.07 Å². The standard InChI is InChI=1S/C15H15ClFNO/c1-19-15-7-6-11(8-13(15)17)10-18-14-5-3-2-4-12(14)9-16/h2-8,18H,9-10H2,1H3. The van der Waals surface area contributed by atoms with Gasteiger partial charge in [0.2, 0.25) is 0 Å². The van der Waals surface area contributed by atoms with Gasteiger partial charge in [-0.1, -0.05) is 24.3 Å². The summed E-state index contributed by atoms with van der Waals surface area (Å²) in [5.74, 6) is 0.345. The molecule has 0 aliphatic carbocycles. The van der Waals surface area contributed by atoms with Crippen LogP contribution in [0.25, 0.3) is 0 Å². The van der Waals surface area contributed by atoms with Crippen LogP contribution in [-0.2, 0) is 12.4 Å². The van der Waals surface area contributed by atoms with Gasteiger partial charge < -0.3 is 10.1 Å². The monoisotopic (exact) mass is 279 g/mol. The molecule has 0 spiro atoms. The lowest BCUT2D eigenvalue weighted by Gasteiger charge is -2.11. The van der Waals surface area contributed by atoms with Gasteiger partial charge in [-0.2, -0.15) is 0 Å². The van der Waals surface area contributed by atoms with E-state index in [1.807, 2.05) is 30.3 Å². The van der Waals surface area contributed by atoms with Gasteiger partial charge in [-0.15, -0.1) is 11.6 Å². The number of hydrogen-bond acceptors (Lipinski definition) is 2. The minimum absolute atomic E-state index is 0.255. The first kappa shape index (κ1) is 13.7. The number of benzene rings is 2. The fourth-order valence-corrected chi connectivity index (χ4v) is 2.06. The minimum Gasteiger partial charge on any atom is -0.494 e. The molecule has 2 nitrogen and oxygen atoms in total. The summed E-state index contributed by atoms with van der Waals surface area (Å²) in [4.78, 5) is 0. The van der Waals surface area contributed by atoms with Gasteiger partial charge in [0.25, 0.3) is 0 Å². The number of methoxy groups -OCH3 is 1. The summed E-state index contributed by atoms with van der Waals surface area (Å²) in [5, 5.41) is 3.25. The molecule has 1 N–H and O–H groups in total. The molecule has 0 saturated heterocycles. The van der Waals surface area contributed by atoms with Gasteiger partial charge in [-0.25, -0.2) is 4.39 Å². The molecular formula is C15H15ClFNO. The first-order chi connectivity index (χ1) is 9.24. The molecule has 19 heavy (non-hydrogen) atoms. The summed E-state index contributed by atoms with van der Waals surface area (Å²) in [6, 6.07) is 12.7. The number of alkyl halides is 1. The number of rotatable bonds is 5. The molecule has 0 atom stereocenters. The molecule has 0 bridgehead atoms. The van der Waals surface area contributed by atoms with Crippen LogP contribution in [0.2, 0.25) is 0 Å². The summed E-state index contributed by atoms with van der Waals surface area (Å²) in [6.45, 7) is 0.537. The highest BCUT2D eigenvalue weighted by molar-refractivity contribution is 6.17. The number of hydrogen-bond donors (Lipinski definition) is 1. The summed E-state index contributed by atoms with van der Waals surface area (Å²) in [5.41, 5.74) is 2.84. The molecule has 4 heteroatoms. The van der Waals surface area contributed by atoms with E-state index in [0.717, 1.165) is 16.8 Å². The van der Waals surface area contributed by atoms with Crippen LogP contribution in [0.5, 0.6) is 5.75 Å². The molecule has 0 fully saturated rings. The highest BCUT2D eigenvalue weighted by atomic mass is 35.5. The molecule has 0 aromatic heterocycles. The van der Waals surface area contributed by atoms with Gasteiger partial charge in [0.05, 0.1) is 7.11 Å². The normalized spacial score (nSPS) is 10.3. The van der Waals surface area contributed by atoms with Gasteiger partial charge in [0.1, 0.15) is 0 Å². The first-order valence-corrected chi connectivity index (χ1v) is 6.48. The van der Waals surface area contributed by atoms with E-state index < -0.39 is 0 Å². The Morgan fingerprint density at radius 3 is 2.68 bits per heavy atom. The van der Waals surface area contributed by atoms with Crippen LogP contribution >= 0.6 is 11.6 Å². The highest BCUT2D eigenvalue weighted by Gasteiger charge is 2.04. The predicted molar refractivity (Wildman–Crippen MR) is 76.3 cm³/mol. The van der Waals surface area contributed by atoms with Crippen molar-refractivity contribution in [1.82, 2.24) is 0 Å². The second-order valence-electron chi connectivity index (χ2n) is 4.11. The van der Waals surface area contributed by atoms with E-state index in [4.69, 9.17) is 16.3 Å². The molecular weight excluding hydrogens is 265 g/mol. The Morgan fingerprint density at radius 2 is 2.00 bits per heavy atom. The summed E-state index contributed by atoms with van der Waals surface area (Å²) < 4.78 is 18.4. The van der Waals surface area contributed by atoms with Crippen LogP contribution in [0.3, 0.4) is 0 Å². The summed E-state index contributed by atoms with van der Waals surface area (Å²) in [7, 11) is 1.45. The molecule has 0 aliphatic rings. The van der Waals surface area contributed by atoms with Crippen molar-refractivity contribution >= 4 is 17.3 Å². The first-order valence-electron chi connectivity index (χ1n) is 5.94. The Bertz CT molecular complexity index is 560. The van der Waals surface area contributed by atoms with Gasteiger partial charge in [-0.3, -0.25) is 0 Å². The zero-order valence-electron chi connectivity index (χ0n) is 10.6. The van der Waals surface area contributed by atoms with Gasteiger partial charge in [-0.05, 0) is 29.3 Å². The minimum atomic E-state index is -0.354. The number of anilines is 1. The predicted octanol–water partition coefficient (Wildman–Crippen LogP) is 4.19. The maximum Gasteiger partial charge on any atom is 0.165 e. The van der Waals surface area contributed by atoms with Crippen LogP contribution in [0.15, 0.2) is 42.5 Å². The maximum atomic E-state index is 13.5. The fraction of sp³-hybridized carbons (Fsp3) is 0.200. The third-order valence-electron chi connectivity index (χ3n) is 2.86. The summed E-state index contributed by atoms with van der Waals surface area (Å²) in [6.07, 6.45) is 0. The number of halogens is 2. The van der Waals surface area contributed by atoms with Crippen molar-refractivity contribution in [2.24, 2.45) is 0 Å². The molecule has 0 radical (unpaired) electrons. The lowest BCUT2D eigenvalue weighted by atomic mass is 10.1. The number of para-hydroxylation sites is 1. The Labute approximate surface area is 117 Å². The molecule has 2 rings (SSSR count). The van der Waals surface area contributed by atoms with Crippen LogP contribution in [0, 0.1) is 5.82 Å². The quantitative estimate of drug-likeness (QED) is 0.829. The van der Waals surface area contributed by atoms with Crippen molar-refractivity contribution in [3.05, 3.63) is 59.4 Å². The number of nitrogens with one attached hydrogen (secondary N) is 1. The van der Waals surface area contributed by atoms with E-state index in [2.05, 4.69) is 5.32 Å². The molecule has 2 aromatic rings. The molecule has 0 aliphatic heterocycles. The Kier molecular flexibility index (Phi) is 4.63. The van der Waals surface area contributed by atoms with E-state index in [9.17, 15) is 4.39 Å². The van der Waals surface area contributed by atoms with Crippen molar-refractivity contribution < 1.29 is 9.13 Å². The zero-order chi connectivity index (χ0) is 13.7. The van der Waals surface area contributed by atoms with Crippen molar-refractivity contribution in [3.63, 3.8) is 0 Å². The molecule has 0 amide bonds. The fourth-order valence-electron chi connectivity index (χ4n) is 1.83. The molecule has 0 saturated carbocycles. The second kappa shape index (κ2) is 6.43. The average Bonchev–Trinajstić information content (AvgIpc) is 2.45. The lowest BCUT2D eigenvalue weighted by molar-refractivity contribution is 0.386. The van der Waals surface area contributed by atoms with Crippen LogP contribution in [-0.4, -0.2) is 7.11 Å². The zero-order valence-corrected chi connectivity index (χ0v) is 11.4. The van der Waals surface area contributed by atoms with Gasteiger partial charge >= 0.3 is 0 Å². The van der Waals surface area contributed by atoms with E-state index in [0.29, 0.717) is 12.4 Å². The Hall–Kier alpha value is -1.74. The molecule has 100 valence electrons. The molecule has 2 aromatic carbocycles. The topological polar surface area (TPSA) is 21.3 Å². The van der Waals surface area contributed by atoms with E-state index >= 15 is 0 Å². The second-order valence-corrected chi connectivity index (χ2v) is 4.38. The van der Waals surface area contributed by atoms with Gasteiger partial charge in [0, 0.05) is 18.1 Å². The maximum absolute atomic E-state index is 13.5. The molecule has 0 unspecified atom stereocenters. The van der Waals surface area contributed by atoms with Crippen LogP contribution < -0.4 is 10.1 Å². The van der Waals surface area contributed by atoms with Crippen molar-refractivity contribution in [1.29, 1.82) is 0 Å². The van der Waals surface area contributed by atoms with Crippen LogP contribution in [0.4, 0.5) is 10.1 Å². The highest BCUT2D eigenvalue weighted by Crippen LogP contribution is 2.20. The smallest absolute Gasteiger partial charge is 0.165 e. The average molecular weight is 280 g/mol. The molecule has 0 heterocycles. The SMILES string of the molecule is COc1ccc(CNc2ccccc2CCl)cc1F. The van der Waals surface area contributed by atoms with E-state index in [1.165, 1.54) is 13.2 Å². The number of ether oxygens (including phenoxy) is 1. The van der Waals surface area contributed by atoms with Crippen molar-refractivity contribution in [3.8, 4) is 5.75 Å². The third-order valence-corrected chi connectivity index (χ3v) is 3.15.